The van der Waals surface area contributed by atoms with E-state index in [9.17, 15) is 8.78 Å². The fourth-order valence-electron chi connectivity index (χ4n) is 1.67. The maximum absolute atomic E-state index is 13.8. The van der Waals surface area contributed by atoms with Gasteiger partial charge in [-0.05, 0) is 22.0 Å². The number of hydrogen-bond donors (Lipinski definition) is 2. The molecule has 0 bridgehead atoms. The van der Waals surface area contributed by atoms with Crippen molar-refractivity contribution in [3.63, 3.8) is 0 Å². The van der Waals surface area contributed by atoms with Crippen molar-refractivity contribution in [2.45, 2.75) is 19.8 Å². The molecule has 0 aliphatic heterocycles. The van der Waals surface area contributed by atoms with E-state index in [1.807, 2.05) is 13.8 Å². The van der Waals surface area contributed by atoms with Gasteiger partial charge in [-0.25, -0.2) is 18.7 Å². The van der Waals surface area contributed by atoms with Crippen LogP contribution in [0.15, 0.2) is 22.7 Å². The highest BCUT2D eigenvalue weighted by Gasteiger charge is 2.12. The molecule has 0 radical (unpaired) electrons. The molecule has 2 aromatic rings. The van der Waals surface area contributed by atoms with E-state index >= 15 is 0 Å². The lowest BCUT2D eigenvalue weighted by Gasteiger charge is -2.12. The number of rotatable bonds is 4. The molecule has 112 valence electrons. The zero-order valence-corrected chi connectivity index (χ0v) is 13.4. The first-order valence-corrected chi connectivity index (χ1v) is 7.18. The predicted molar refractivity (Wildman–Crippen MR) is 83.0 cm³/mol. The fraction of sp³-hybridized carbons (Fsp3) is 0.286. The molecule has 1 aromatic heterocycles. The van der Waals surface area contributed by atoms with Crippen molar-refractivity contribution in [3.8, 4) is 0 Å². The van der Waals surface area contributed by atoms with Crippen LogP contribution in [0.4, 0.5) is 26.1 Å². The van der Waals surface area contributed by atoms with Crippen LogP contribution >= 0.6 is 15.9 Å². The normalized spacial score (nSPS) is 10.8. The third kappa shape index (κ3) is 3.66. The van der Waals surface area contributed by atoms with Crippen molar-refractivity contribution in [3.05, 3.63) is 40.1 Å². The number of hydrogen-bond acceptors (Lipinski definition) is 4. The lowest BCUT2D eigenvalue weighted by molar-refractivity contribution is 0.597. The van der Waals surface area contributed by atoms with Crippen LogP contribution in [0.1, 0.15) is 25.6 Å². The lowest BCUT2D eigenvalue weighted by atomic mass is 10.2. The molecule has 0 spiro atoms. The number of nitrogens with zero attached hydrogens (tertiary/aromatic N) is 2. The summed E-state index contributed by atoms with van der Waals surface area (Å²) in [6.45, 7) is 3.91. The Hall–Kier alpha value is -1.76. The predicted octanol–water partition coefficient (Wildman–Crippen LogP) is 4.43. The lowest BCUT2D eigenvalue weighted by Crippen LogP contribution is -2.06. The van der Waals surface area contributed by atoms with Crippen molar-refractivity contribution in [1.82, 2.24) is 9.97 Å². The van der Waals surface area contributed by atoms with E-state index in [1.165, 1.54) is 0 Å². The molecule has 2 N–H and O–H groups in total. The van der Waals surface area contributed by atoms with Crippen LogP contribution in [0.2, 0.25) is 0 Å². The summed E-state index contributed by atoms with van der Waals surface area (Å²) in [7, 11) is 1.73. The van der Waals surface area contributed by atoms with Crippen molar-refractivity contribution in [2.24, 2.45) is 0 Å². The van der Waals surface area contributed by atoms with E-state index in [4.69, 9.17) is 0 Å². The zero-order valence-electron chi connectivity index (χ0n) is 11.8. The SMILES string of the molecule is CNc1cc(Nc2cc(F)c(Br)cc2F)nc(C(C)C)n1. The summed E-state index contributed by atoms with van der Waals surface area (Å²) in [6.07, 6.45) is 0. The summed E-state index contributed by atoms with van der Waals surface area (Å²) < 4.78 is 27.4. The average molecular weight is 357 g/mol. The Kier molecular flexibility index (Phi) is 4.72. The molecule has 0 unspecified atom stereocenters. The third-order valence-corrected chi connectivity index (χ3v) is 3.40. The zero-order chi connectivity index (χ0) is 15.6. The summed E-state index contributed by atoms with van der Waals surface area (Å²) in [6, 6.07) is 3.78. The summed E-state index contributed by atoms with van der Waals surface area (Å²) in [5.41, 5.74) is 0.0196. The van der Waals surface area contributed by atoms with E-state index in [0.29, 0.717) is 17.5 Å². The minimum atomic E-state index is -0.570. The number of benzene rings is 1. The molecule has 7 heteroatoms. The monoisotopic (exact) mass is 356 g/mol. The molecule has 2 rings (SSSR count). The van der Waals surface area contributed by atoms with E-state index in [-0.39, 0.29) is 16.1 Å². The maximum atomic E-state index is 13.8. The number of aromatic nitrogens is 2. The van der Waals surface area contributed by atoms with Crippen LogP contribution in [-0.4, -0.2) is 17.0 Å². The van der Waals surface area contributed by atoms with Gasteiger partial charge in [0.25, 0.3) is 0 Å². The largest absolute Gasteiger partial charge is 0.373 e. The van der Waals surface area contributed by atoms with Crippen LogP contribution in [0, 0.1) is 11.6 Å². The van der Waals surface area contributed by atoms with Gasteiger partial charge >= 0.3 is 0 Å². The second-order valence-corrected chi connectivity index (χ2v) is 5.63. The molecule has 0 fully saturated rings. The van der Waals surface area contributed by atoms with Gasteiger partial charge in [0.1, 0.15) is 29.1 Å². The van der Waals surface area contributed by atoms with Crippen molar-refractivity contribution in [2.75, 3.05) is 17.7 Å². The van der Waals surface area contributed by atoms with Crippen LogP contribution in [-0.2, 0) is 0 Å². The van der Waals surface area contributed by atoms with E-state index < -0.39 is 11.6 Å². The Bertz CT molecular complexity index is 662. The first-order valence-electron chi connectivity index (χ1n) is 6.39. The molecule has 0 aliphatic carbocycles. The topological polar surface area (TPSA) is 49.8 Å². The fourth-order valence-corrected chi connectivity index (χ4v) is 1.99. The Morgan fingerprint density at radius 3 is 2.33 bits per heavy atom. The van der Waals surface area contributed by atoms with E-state index in [0.717, 1.165) is 12.1 Å². The Morgan fingerprint density at radius 1 is 1.05 bits per heavy atom. The van der Waals surface area contributed by atoms with Crippen molar-refractivity contribution < 1.29 is 8.78 Å². The van der Waals surface area contributed by atoms with Gasteiger partial charge < -0.3 is 10.6 Å². The van der Waals surface area contributed by atoms with Crippen LogP contribution < -0.4 is 10.6 Å². The summed E-state index contributed by atoms with van der Waals surface area (Å²) in [4.78, 5) is 8.62. The summed E-state index contributed by atoms with van der Waals surface area (Å²) in [5.74, 6) is 0.616. The van der Waals surface area contributed by atoms with Gasteiger partial charge in [-0.2, -0.15) is 0 Å². The third-order valence-electron chi connectivity index (χ3n) is 2.79. The molecule has 21 heavy (non-hydrogen) atoms. The standard InChI is InChI=1S/C14H15BrF2N4/c1-7(2)14-20-12(18-3)6-13(21-14)19-11-5-9(16)8(15)4-10(11)17/h4-7H,1-3H3,(H2,18,19,20,21). The first kappa shape index (κ1) is 15.6. The van der Waals surface area contributed by atoms with Gasteiger partial charge in [0.15, 0.2) is 0 Å². The highest BCUT2D eigenvalue weighted by molar-refractivity contribution is 9.10. The smallest absolute Gasteiger partial charge is 0.148 e. The summed E-state index contributed by atoms with van der Waals surface area (Å²) >= 11 is 2.94. The number of halogens is 3. The van der Waals surface area contributed by atoms with Crippen LogP contribution in [0.5, 0.6) is 0 Å². The minimum absolute atomic E-state index is 0.0196. The molecule has 0 aliphatic rings. The molecule has 1 heterocycles. The first-order chi connectivity index (χ1) is 9.90. The van der Waals surface area contributed by atoms with Crippen molar-refractivity contribution in [1.29, 1.82) is 0 Å². The number of nitrogens with one attached hydrogen (secondary N) is 2. The molecule has 0 atom stereocenters. The maximum Gasteiger partial charge on any atom is 0.148 e. The quantitative estimate of drug-likeness (QED) is 0.795. The highest BCUT2D eigenvalue weighted by Crippen LogP contribution is 2.26. The van der Waals surface area contributed by atoms with Gasteiger partial charge in [-0.1, -0.05) is 13.8 Å². The Labute approximate surface area is 130 Å². The molecule has 1 aromatic carbocycles. The Balaban J connectivity index is 2.39. The minimum Gasteiger partial charge on any atom is -0.373 e. The van der Waals surface area contributed by atoms with Gasteiger partial charge in [-0.3, -0.25) is 0 Å². The molecule has 4 nitrogen and oxygen atoms in total. The molecule has 0 saturated carbocycles. The van der Waals surface area contributed by atoms with Gasteiger partial charge in [0.2, 0.25) is 0 Å². The molecular weight excluding hydrogens is 342 g/mol. The molecular formula is C14H15BrF2N4. The van der Waals surface area contributed by atoms with E-state index in [2.05, 4.69) is 36.5 Å². The second-order valence-electron chi connectivity index (χ2n) is 4.77. The van der Waals surface area contributed by atoms with Gasteiger partial charge in [0.05, 0.1) is 10.2 Å². The molecule has 0 saturated heterocycles. The van der Waals surface area contributed by atoms with E-state index in [1.54, 1.807) is 13.1 Å². The Morgan fingerprint density at radius 2 is 1.71 bits per heavy atom. The summed E-state index contributed by atoms with van der Waals surface area (Å²) in [5, 5.41) is 5.70. The average Bonchev–Trinajstić information content (AvgIpc) is 2.44. The number of anilines is 3. The van der Waals surface area contributed by atoms with Gasteiger partial charge in [-0.15, -0.1) is 0 Å². The van der Waals surface area contributed by atoms with Crippen molar-refractivity contribution >= 4 is 33.3 Å². The van der Waals surface area contributed by atoms with Gasteiger partial charge in [0, 0.05) is 25.1 Å². The molecule has 0 amide bonds. The van der Waals surface area contributed by atoms with Crippen LogP contribution in [0.25, 0.3) is 0 Å². The second kappa shape index (κ2) is 6.34. The highest BCUT2D eigenvalue weighted by atomic mass is 79.9. The van der Waals surface area contributed by atoms with Crippen LogP contribution in [0.3, 0.4) is 0 Å².